The molecular formula is C12H16F3NO4. The second kappa shape index (κ2) is 4.26. The Bertz CT molecular complexity index is 443. The molecule has 0 aromatic rings. The smallest absolute Gasteiger partial charge is 0.411 e. The van der Waals surface area contributed by atoms with E-state index in [1.807, 2.05) is 0 Å². The average molecular weight is 295 g/mol. The Balaban J connectivity index is 2.12. The molecule has 4 atom stereocenters. The summed E-state index contributed by atoms with van der Waals surface area (Å²) in [5, 5.41) is 9.09. The number of carbonyl (C=O) groups is 2. The fraction of sp³-hybridized carbons (Fsp3) is 0.833. The van der Waals surface area contributed by atoms with Gasteiger partial charge in [-0.2, -0.15) is 13.2 Å². The van der Waals surface area contributed by atoms with Gasteiger partial charge >= 0.3 is 18.2 Å². The van der Waals surface area contributed by atoms with Crippen LogP contribution in [0.1, 0.15) is 20.8 Å². The first-order chi connectivity index (χ1) is 8.93. The fourth-order valence-electron chi connectivity index (χ4n) is 2.88. The third-order valence-electron chi connectivity index (χ3n) is 3.60. The van der Waals surface area contributed by atoms with Crippen molar-refractivity contribution in [2.24, 2.45) is 17.8 Å². The first-order valence-corrected chi connectivity index (χ1v) is 6.22. The third kappa shape index (κ3) is 2.55. The van der Waals surface area contributed by atoms with E-state index >= 15 is 0 Å². The monoisotopic (exact) mass is 295 g/mol. The van der Waals surface area contributed by atoms with Crippen molar-refractivity contribution < 1.29 is 32.6 Å². The molecule has 0 aromatic carbocycles. The normalized spacial score (nSPS) is 32.8. The Morgan fingerprint density at radius 1 is 1.25 bits per heavy atom. The Kier molecular flexibility index (Phi) is 3.18. The lowest BCUT2D eigenvalue weighted by atomic mass is 10.1. The predicted octanol–water partition coefficient (Wildman–Crippen LogP) is 2.11. The minimum atomic E-state index is -4.41. The zero-order valence-corrected chi connectivity index (χ0v) is 11.3. The van der Waals surface area contributed by atoms with Crippen LogP contribution >= 0.6 is 0 Å². The molecular weight excluding hydrogens is 279 g/mol. The molecule has 0 aromatic heterocycles. The number of carboxylic acids is 1. The summed E-state index contributed by atoms with van der Waals surface area (Å²) < 4.78 is 43.0. The molecule has 0 unspecified atom stereocenters. The molecule has 1 saturated heterocycles. The molecule has 1 amide bonds. The van der Waals surface area contributed by atoms with Crippen LogP contribution in [0.2, 0.25) is 0 Å². The zero-order valence-electron chi connectivity index (χ0n) is 11.3. The molecule has 0 bridgehead atoms. The minimum absolute atomic E-state index is 0.222. The van der Waals surface area contributed by atoms with Crippen LogP contribution in [0.25, 0.3) is 0 Å². The van der Waals surface area contributed by atoms with Crippen molar-refractivity contribution in [1.29, 1.82) is 0 Å². The third-order valence-corrected chi connectivity index (χ3v) is 3.60. The van der Waals surface area contributed by atoms with Crippen LogP contribution in [0.15, 0.2) is 0 Å². The molecule has 0 radical (unpaired) electrons. The summed E-state index contributed by atoms with van der Waals surface area (Å²) in [6.45, 7) is 4.60. The van der Waals surface area contributed by atoms with Crippen molar-refractivity contribution in [1.82, 2.24) is 4.90 Å². The number of alkyl halides is 3. The van der Waals surface area contributed by atoms with Crippen molar-refractivity contribution in [3.8, 4) is 0 Å². The number of piperidine rings is 1. The summed E-state index contributed by atoms with van der Waals surface area (Å²) in [7, 11) is 0. The van der Waals surface area contributed by atoms with Crippen molar-refractivity contribution in [2.45, 2.75) is 38.6 Å². The van der Waals surface area contributed by atoms with Gasteiger partial charge in [-0.1, -0.05) is 0 Å². The average Bonchev–Trinajstić information content (AvgIpc) is 2.77. The number of carboxylic acid groups (broad SMARTS) is 1. The van der Waals surface area contributed by atoms with Gasteiger partial charge in [0.1, 0.15) is 11.6 Å². The van der Waals surface area contributed by atoms with Crippen molar-refractivity contribution in [3.63, 3.8) is 0 Å². The number of nitrogens with zero attached hydrogens (tertiary/aromatic N) is 1. The van der Waals surface area contributed by atoms with Crippen LogP contribution in [-0.2, 0) is 9.53 Å². The quantitative estimate of drug-likeness (QED) is 0.804. The molecule has 1 aliphatic carbocycles. The molecule has 2 fully saturated rings. The van der Waals surface area contributed by atoms with Gasteiger partial charge in [-0.3, -0.25) is 4.90 Å². The predicted molar refractivity (Wildman–Crippen MR) is 60.9 cm³/mol. The molecule has 5 nitrogen and oxygen atoms in total. The maximum absolute atomic E-state index is 12.7. The Labute approximate surface area is 113 Å². The van der Waals surface area contributed by atoms with Gasteiger partial charge in [-0.25, -0.2) is 9.59 Å². The van der Waals surface area contributed by atoms with Gasteiger partial charge in [-0.15, -0.1) is 0 Å². The summed E-state index contributed by atoms with van der Waals surface area (Å²) in [5.41, 5.74) is -0.823. The maximum Gasteiger partial charge on any atom is 0.411 e. The fourth-order valence-corrected chi connectivity index (χ4v) is 2.88. The van der Waals surface area contributed by atoms with Gasteiger partial charge in [0.2, 0.25) is 0 Å². The molecule has 20 heavy (non-hydrogen) atoms. The molecule has 2 rings (SSSR count). The Hall–Kier alpha value is -1.47. The number of halogens is 3. The minimum Gasteiger partial charge on any atom is -0.480 e. The van der Waals surface area contributed by atoms with E-state index in [1.54, 1.807) is 20.8 Å². The second-order valence-electron chi connectivity index (χ2n) is 6.22. The molecule has 2 aliphatic rings. The van der Waals surface area contributed by atoms with Gasteiger partial charge < -0.3 is 9.84 Å². The van der Waals surface area contributed by atoms with E-state index in [0.717, 1.165) is 4.90 Å². The summed E-state index contributed by atoms with van der Waals surface area (Å²) in [6, 6.07) is -1.46. The van der Waals surface area contributed by atoms with Gasteiger partial charge in [0, 0.05) is 12.5 Å². The summed E-state index contributed by atoms with van der Waals surface area (Å²) in [5.74, 6) is -4.93. The SMILES string of the molecule is CC(C)(C)OC(=O)N1C[C@H]2[C@H]([C@H]2C(F)(F)F)[C@H]1C(=O)O. The van der Waals surface area contributed by atoms with Crippen LogP contribution < -0.4 is 0 Å². The summed E-state index contributed by atoms with van der Waals surface area (Å²) in [4.78, 5) is 23.9. The van der Waals surface area contributed by atoms with E-state index in [1.165, 1.54) is 0 Å². The van der Waals surface area contributed by atoms with Gasteiger partial charge in [0.15, 0.2) is 0 Å². The van der Waals surface area contributed by atoms with Gasteiger partial charge in [0.25, 0.3) is 0 Å². The van der Waals surface area contributed by atoms with Crippen LogP contribution in [0, 0.1) is 17.8 Å². The molecule has 1 heterocycles. The highest BCUT2D eigenvalue weighted by Crippen LogP contribution is 2.62. The highest BCUT2D eigenvalue weighted by atomic mass is 19.4. The first kappa shape index (κ1) is 14.9. The molecule has 114 valence electrons. The number of rotatable bonds is 1. The largest absolute Gasteiger partial charge is 0.480 e. The maximum atomic E-state index is 12.7. The van der Waals surface area contributed by atoms with Crippen LogP contribution in [0.4, 0.5) is 18.0 Å². The standard InChI is InChI=1S/C12H16F3NO4/c1-11(2,3)20-10(19)16-4-5-6(8(16)9(17)18)7(5)12(13,14)15/h5-8H,4H2,1-3H3,(H,17,18)/t5-,6+,7-,8-/m0/s1. The molecule has 1 aliphatic heterocycles. The van der Waals surface area contributed by atoms with E-state index in [-0.39, 0.29) is 6.54 Å². The number of aliphatic carboxylic acids is 1. The van der Waals surface area contributed by atoms with E-state index in [0.29, 0.717) is 0 Å². The van der Waals surface area contributed by atoms with E-state index in [2.05, 4.69) is 0 Å². The lowest BCUT2D eigenvalue weighted by molar-refractivity contribution is -0.162. The van der Waals surface area contributed by atoms with Gasteiger partial charge in [0.05, 0.1) is 5.92 Å². The number of likely N-dealkylation sites (tertiary alicyclic amines) is 1. The molecule has 0 spiro atoms. The number of amides is 1. The topological polar surface area (TPSA) is 66.8 Å². The number of carbonyl (C=O) groups excluding carboxylic acids is 1. The van der Waals surface area contributed by atoms with Crippen LogP contribution in [0.3, 0.4) is 0 Å². The molecule has 8 heteroatoms. The lowest BCUT2D eigenvalue weighted by Crippen LogP contribution is -2.47. The second-order valence-corrected chi connectivity index (χ2v) is 6.22. The Morgan fingerprint density at radius 3 is 2.20 bits per heavy atom. The number of fused-ring (bicyclic) bond motifs is 1. The Morgan fingerprint density at radius 2 is 1.80 bits per heavy atom. The zero-order chi connectivity index (χ0) is 15.5. The highest BCUT2D eigenvalue weighted by Gasteiger charge is 2.73. The molecule has 1 saturated carbocycles. The van der Waals surface area contributed by atoms with E-state index < -0.39 is 47.6 Å². The van der Waals surface area contributed by atoms with E-state index in [9.17, 15) is 22.8 Å². The molecule has 1 N–H and O–H groups in total. The van der Waals surface area contributed by atoms with Gasteiger partial charge in [-0.05, 0) is 26.7 Å². The first-order valence-electron chi connectivity index (χ1n) is 6.22. The van der Waals surface area contributed by atoms with Crippen molar-refractivity contribution in [3.05, 3.63) is 0 Å². The number of ether oxygens (including phenoxy) is 1. The number of hydrogen-bond acceptors (Lipinski definition) is 3. The van der Waals surface area contributed by atoms with Crippen LogP contribution in [0.5, 0.6) is 0 Å². The van der Waals surface area contributed by atoms with E-state index in [4.69, 9.17) is 9.84 Å². The van der Waals surface area contributed by atoms with Crippen molar-refractivity contribution >= 4 is 12.1 Å². The van der Waals surface area contributed by atoms with Crippen molar-refractivity contribution in [2.75, 3.05) is 6.54 Å². The summed E-state index contributed by atoms with van der Waals surface area (Å²) >= 11 is 0. The lowest BCUT2D eigenvalue weighted by Gasteiger charge is -2.29. The number of hydrogen-bond donors (Lipinski definition) is 1. The highest BCUT2D eigenvalue weighted by molar-refractivity contribution is 5.82. The summed E-state index contributed by atoms with van der Waals surface area (Å²) in [6.07, 6.45) is -5.29. The van der Waals surface area contributed by atoms with Crippen LogP contribution in [-0.4, -0.2) is 46.4 Å².